The lowest BCUT2D eigenvalue weighted by Crippen LogP contribution is -2.41. The predicted molar refractivity (Wildman–Crippen MR) is 74.9 cm³/mol. The van der Waals surface area contributed by atoms with Crippen molar-refractivity contribution in [1.82, 2.24) is 9.88 Å². The van der Waals surface area contributed by atoms with E-state index in [9.17, 15) is 4.79 Å². The van der Waals surface area contributed by atoms with E-state index < -0.39 is 0 Å². The van der Waals surface area contributed by atoms with E-state index in [1.165, 1.54) is 5.56 Å². The quantitative estimate of drug-likeness (QED) is 0.822. The topological polar surface area (TPSA) is 34.0 Å². The molecule has 3 heteroatoms. The van der Waals surface area contributed by atoms with Crippen molar-refractivity contribution in [3.8, 4) is 0 Å². The summed E-state index contributed by atoms with van der Waals surface area (Å²) >= 11 is 0. The molecular formula is C15H20N2O. The number of aromatic nitrogens is 1. The highest BCUT2D eigenvalue weighted by molar-refractivity contribution is 5.99. The Kier molecular flexibility index (Phi) is 2.93. The molecule has 1 N–H and O–H groups in total. The van der Waals surface area contributed by atoms with Crippen LogP contribution in [0.1, 0.15) is 36.8 Å². The molecule has 0 spiro atoms. The molecular weight excluding hydrogens is 224 g/mol. The van der Waals surface area contributed by atoms with Crippen LogP contribution in [0.5, 0.6) is 0 Å². The minimum Gasteiger partial charge on any atom is -0.346 e. The number of hydrogen-bond acceptors (Lipinski definition) is 1. The maximum absolute atomic E-state index is 12.2. The van der Waals surface area contributed by atoms with Gasteiger partial charge in [0.15, 0.2) is 0 Å². The van der Waals surface area contributed by atoms with Gasteiger partial charge in [-0.1, -0.05) is 12.1 Å². The lowest BCUT2D eigenvalue weighted by atomic mass is 10.1. The molecule has 0 radical (unpaired) electrons. The molecule has 0 fully saturated rings. The van der Waals surface area contributed by atoms with E-state index in [2.05, 4.69) is 30.4 Å². The van der Waals surface area contributed by atoms with E-state index >= 15 is 0 Å². The third-order valence-corrected chi connectivity index (χ3v) is 2.92. The van der Waals surface area contributed by atoms with Crippen LogP contribution >= 0.6 is 0 Å². The summed E-state index contributed by atoms with van der Waals surface area (Å²) in [7, 11) is 1.93. The Bertz CT molecular complexity index is 603. The lowest BCUT2D eigenvalue weighted by Gasteiger charge is -2.20. The minimum absolute atomic E-state index is 0.0288. The molecule has 2 rings (SSSR count). The maximum Gasteiger partial charge on any atom is 0.268 e. The zero-order chi connectivity index (χ0) is 13.5. The standard InChI is InChI=1S/C15H20N2O/c1-10-6-7-11-9-13(17(5)12(11)8-10)14(18)16-15(2,3)4/h6-9H,1-5H3,(H,16,18). The van der Waals surface area contributed by atoms with Crippen molar-refractivity contribution in [1.29, 1.82) is 0 Å². The number of carbonyl (C=O) groups is 1. The molecule has 0 aliphatic rings. The molecule has 2 aromatic rings. The highest BCUT2D eigenvalue weighted by Gasteiger charge is 2.18. The Morgan fingerprint density at radius 3 is 2.50 bits per heavy atom. The fraction of sp³-hybridized carbons (Fsp3) is 0.400. The van der Waals surface area contributed by atoms with Crippen LogP contribution < -0.4 is 5.32 Å². The summed E-state index contributed by atoms with van der Waals surface area (Å²) in [5.41, 5.74) is 2.77. The normalized spacial score (nSPS) is 11.8. The summed E-state index contributed by atoms with van der Waals surface area (Å²) in [6, 6.07) is 8.16. The van der Waals surface area contributed by atoms with Crippen LogP contribution in [0.25, 0.3) is 10.9 Å². The molecule has 1 amide bonds. The molecule has 3 nitrogen and oxygen atoms in total. The van der Waals surface area contributed by atoms with E-state index in [1.54, 1.807) is 0 Å². The molecule has 1 aromatic carbocycles. The van der Waals surface area contributed by atoms with Crippen LogP contribution in [-0.2, 0) is 7.05 Å². The Morgan fingerprint density at radius 2 is 1.89 bits per heavy atom. The van der Waals surface area contributed by atoms with Gasteiger partial charge in [0, 0.05) is 23.5 Å². The second-order valence-corrected chi connectivity index (χ2v) is 5.85. The fourth-order valence-corrected chi connectivity index (χ4v) is 2.06. The van der Waals surface area contributed by atoms with Gasteiger partial charge in [-0.05, 0) is 45.4 Å². The second kappa shape index (κ2) is 4.16. The van der Waals surface area contributed by atoms with Crippen molar-refractivity contribution >= 4 is 16.8 Å². The Hall–Kier alpha value is -1.77. The van der Waals surface area contributed by atoms with Crippen LogP contribution in [0.3, 0.4) is 0 Å². The van der Waals surface area contributed by atoms with Gasteiger partial charge in [-0.15, -0.1) is 0 Å². The first-order valence-corrected chi connectivity index (χ1v) is 6.16. The first kappa shape index (κ1) is 12.7. The zero-order valence-electron chi connectivity index (χ0n) is 11.7. The number of aryl methyl sites for hydroxylation is 2. The Morgan fingerprint density at radius 1 is 1.22 bits per heavy atom. The lowest BCUT2D eigenvalue weighted by molar-refractivity contribution is 0.0911. The van der Waals surface area contributed by atoms with Gasteiger partial charge in [0.05, 0.1) is 0 Å². The zero-order valence-corrected chi connectivity index (χ0v) is 11.7. The molecule has 0 aliphatic heterocycles. The van der Waals surface area contributed by atoms with E-state index in [0.29, 0.717) is 5.69 Å². The molecule has 18 heavy (non-hydrogen) atoms. The molecule has 0 saturated heterocycles. The summed E-state index contributed by atoms with van der Waals surface area (Å²) in [5.74, 6) is -0.0288. The summed E-state index contributed by atoms with van der Waals surface area (Å²) in [6.07, 6.45) is 0. The number of rotatable bonds is 1. The summed E-state index contributed by atoms with van der Waals surface area (Å²) < 4.78 is 1.95. The summed E-state index contributed by atoms with van der Waals surface area (Å²) in [5, 5.41) is 4.09. The summed E-state index contributed by atoms with van der Waals surface area (Å²) in [4.78, 5) is 12.2. The van der Waals surface area contributed by atoms with Crippen LogP contribution in [0, 0.1) is 6.92 Å². The highest BCUT2D eigenvalue weighted by Crippen LogP contribution is 2.20. The molecule has 1 aromatic heterocycles. The van der Waals surface area contributed by atoms with E-state index in [0.717, 1.165) is 10.9 Å². The number of carbonyl (C=O) groups excluding carboxylic acids is 1. The van der Waals surface area contributed by atoms with Gasteiger partial charge in [0.1, 0.15) is 5.69 Å². The minimum atomic E-state index is -0.219. The smallest absolute Gasteiger partial charge is 0.268 e. The molecule has 0 unspecified atom stereocenters. The van der Waals surface area contributed by atoms with Gasteiger partial charge >= 0.3 is 0 Å². The molecule has 0 bridgehead atoms. The van der Waals surface area contributed by atoms with E-state index in [1.807, 2.05) is 38.5 Å². The number of amides is 1. The molecule has 1 heterocycles. The van der Waals surface area contributed by atoms with Crippen molar-refractivity contribution in [3.63, 3.8) is 0 Å². The monoisotopic (exact) mass is 244 g/mol. The Balaban J connectivity index is 2.46. The van der Waals surface area contributed by atoms with Crippen molar-refractivity contribution < 1.29 is 4.79 Å². The molecule has 0 saturated carbocycles. The average Bonchev–Trinajstić information content (AvgIpc) is 2.54. The van der Waals surface area contributed by atoms with Crippen LogP contribution in [0.2, 0.25) is 0 Å². The SMILES string of the molecule is Cc1ccc2cc(C(=O)NC(C)(C)C)n(C)c2c1. The van der Waals surface area contributed by atoms with Crippen molar-refractivity contribution in [2.75, 3.05) is 0 Å². The fourth-order valence-electron chi connectivity index (χ4n) is 2.06. The predicted octanol–water partition coefficient (Wildman–Crippen LogP) is 3.02. The van der Waals surface area contributed by atoms with Gasteiger partial charge in [0.25, 0.3) is 5.91 Å². The van der Waals surface area contributed by atoms with E-state index in [4.69, 9.17) is 0 Å². The Labute approximate surface area is 108 Å². The number of fused-ring (bicyclic) bond motifs is 1. The first-order valence-electron chi connectivity index (χ1n) is 6.16. The third-order valence-electron chi connectivity index (χ3n) is 2.92. The number of benzene rings is 1. The molecule has 0 atom stereocenters. The van der Waals surface area contributed by atoms with Gasteiger partial charge in [-0.3, -0.25) is 4.79 Å². The van der Waals surface area contributed by atoms with E-state index in [-0.39, 0.29) is 11.4 Å². The number of nitrogens with zero attached hydrogens (tertiary/aromatic N) is 1. The van der Waals surface area contributed by atoms with Gasteiger partial charge in [-0.25, -0.2) is 0 Å². The van der Waals surface area contributed by atoms with Crippen LogP contribution in [-0.4, -0.2) is 16.0 Å². The second-order valence-electron chi connectivity index (χ2n) is 5.85. The largest absolute Gasteiger partial charge is 0.346 e. The third kappa shape index (κ3) is 2.40. The van der Waals surface area contributed by atoms with Crippen molar-refractivity contribution in [2.24, 2.45) is 7.05 Å². The number of hydrogen-bond donors (Lipinski definition) is 1. The van der Waals surface area contributed by atoms with Crippen molar-refractivity contribution in [2.45, 2.75) is 33.2 Å². The molecule has 0 aliphatic carbocycles. The number of nitrogens with one attached hydrogen (secondary N) is 1. The average molecular weight is 244 g/mol. The maximum atomic E-state index is 12.2. The van der Waals surface area contributed by atoms with Gasteiger partial charge in [0.2, 0.25) is 0 Å². The van der Waals surface area contributed by atoms with Crippen LogP contribution in [0.4, 0.5) is 0 Å². The highest BCUT2D eigenvalue weighted by atomic mass is 16.2. The molecule has 96 valence electrons. The van der Waals surface area contributed by atoms with Crippen LogP contribution in [0.15, 0.2) is 24.3 Å². The summed E-state index contributed by atoms with van der Waals surface area (Å²) in [6.45, 7) is 8.01. The van der Waals surface area contributed by atoms with Crippen molar-refractivity contribution in [3.05, 3.63) is 35.5 Å². The first-order chi connectivity index (χ1) is 8.28. The van der Waals surface area contributed by atoms with Gasteiger partial charge < -0.3 is 9.88 Å². The van der Waals surface area contributed by atoms with Gasteiger partial charge in [-0.2, -0.15) is 0 Å².